The van der Waals surface area contributed by atoms with E-state index >= 15 is 0 Å². The summed E-state index contributed by atoms with van der Waals surface area (Å²) >= 11 is 0. The van der Waals surface area contributed by atoms with Crippen LogP contribution in [0, 0.1) is 0 Å². The number of ketones is 1. The molecule has 0 unspecified atom stereocenters. The molecule has 0 aliphatic rings. The van der Waals surface area contributed by atoms with E-state index in [1.165, 1.54) is 12.0 Å². The van der Waals surface area contributed by atoms with E-state index in [0.29, 0.717) is 34.3 Å². The number of hydrogen-bond donors (Lipinski definition) is 0. The third-order valence-corrected chi connectivity index (χ3v) is 11.6. The topological polar surface area (TPSA) is 82.1 Å². The Morgan fingerprint density at radius 3 is 1.61 bits per heavy atom. The lowest BCUT2D eigenvalue weighted by molar-refractivity contribution is 0.0811. The maximum absolute atomic E-state index is 14.9. The third kappa shape index (κ3) is 8.12. The standard InChI is InChI=1S/C43H38NO6P/c1-44(31-51(47,36-19-11-5-12-20-36)37-21-13-6-14-22-37)43(46)38-27-28-39(48-2)42(50-30-33-17-9-4-10-18-33)40(38)41(45)34-23-25-35(26-24-34)49-29-32-15-7-3-8-16-32/h3-28H,29-31H2,1-2H3. The molecule has 0 fully saturated rings. The van der Waals surface area contributed by atoms with Crippen molar-refractivity contribution in [3.63, 3.8) is 0 Å². The first kappa shape index (κ1) is 34.9. The fourth-order valence-corrected chi connectivity index (χ4v) is 8.47. The number of methoxy groups -OCH3 is 1. The summed E-state index contributed by atoms with van der Waals surface area (Å²) in [6.07, 6.45) is -0.0901. The molecule has 51 heavy (non-hydrogen) atoms. The zero-order chi connectivity index (χ0) is 35.6. The van der Waals surface area contributed by atoms with Gasteiger partial charge < -0.3 is 23.7 Å². The van der Waals surface area contributed by atoms with E-state index in [9.17, 15) is 14.2 Å². The van der Waals surface area contributed by atoms with Crippen LogP contribution in [0.25, 0.3) is 0 Å². The summed E-state index contributed by atoms with van der Waals surface area (Å²) in [4.78, 5) is 30.4. The number of hydrogen-bond acceptors (Lipinski definition) is 6. The van der Waals surface area contributed by atoms with E-state index in [1.807, 2.05) is 121 Å². The Morgan fingerprint density at radius 1 is 0.608 bits per heavy atom. The lowest BCUT2D eigenvalue weighted by Gasteiger charge is -2.27. The highest BCUT2D eigenvalue weighted by Gasteiger charge is 2.33. The highest BCUT2D eigenvalue weighted by Crippen LogP contribution is 2.44. The summed E-state index contributed by atoms with van der Waals surface area (Å²) < 4.78 is 32.8. The number of ether oxygens (including phenoxy) is 3. The second-order valence-corrected chi connectivity index (χ2v) is 14.8. The van der Waals surface area contributed by atoms with Crippen LogP contribution in [0.1, 0.15) is 37.4 Å². The summed E-state index contributed by atoms with van der Waals surface area (Å²) in [5, 5.41) is 1.26. The summed E-state index contributed by atoms with van der Waals surface area (Å²) in [7, 11) is -0.228. The predicted octanol–water partition coefficient (Wildman–Crippen LogP) is 8.13. The molecule has 0 atom stereocenters. The van der Waals surface area contributed by atoms with Gasteiger partial charge in [-0.25, -0.2) is 0 Å². The number of rotatable bonds is 14. The van der Waals surface area contributed by atoms with Crippen molar-refractivity contribution in [2.75, 3.05) is 20.4 Å². The minimum Gasteiger partial charge on any atom is -0.493 e. The largest absolute Gasteiger partial charge is 0.493 e. The Labute approximate surface area is 298 Å². The van der Waals surface area contributed by atoms with Crippen molar-refractivity contribution < 1.29 is 28.4 Å². The second-order valence-electron chi connectivity index (χ2n) is 12.0. The number of amides is 1. The van der Waals surface area contributed by atoms with Crippen LogP contribution >= 0.6 is 7.14 Å². The molecule has 0 radical (unpaired) electrons. The third-order valence-electron chi connectivity index (χ3n) is 8.49. The molecule has 0 aromatic heterocycles. The van der Waals surface area contributed by atoms with E-state index in [-0.39, 0.29) is 29.8 Å². The Morgan fingerprint density at radius 2 is 1.10 bits per heavy atom. The van der Waals surface area contributed by atoms with Crippen molar-refractivity contribution in [1.29, 1.82) is 0 Å². The molecular weight excluding hydrogens is 657 g/mol. The predicted molar refractivity (Wildman–Crippen MR) is 201 cm³/mol. The van der Waals surface area contributed by atoms with Gasteiger partial charge in [-0.05, 0) is 47.5 Å². The van der Waals surface area contributed by atoms with Gasteiger partial charge in [-0.2, -0.15) is 0 Å². The first-order chi connectivity index (χ1) is 24.9. The van der Waals surface area contributed by atoms with Crippen molar-refractivity contribution in [3.05, 3.63) is 186 Å². The van der Waals surface area contributed by atoms with Gasteiger partial charge >= 0.3 is 0 Å². The molecule has 0 heterocycles. The first-order valence-corrected chi connectivity index (χ1v) is 18.4. The van der Waals surface area contributed by atoms with Crippen LogP contribution in [0.4, 0.5) is 0 Å². The monoisotopic (exact) mass is 695 g/mol. The molecule has 7 nitrogen and oxygen atoms in total. The summed E-state index contributed by atoms with van der Waals surface area (Å²) in [5.41, 5.74) is 2.37. The van der Waals surface area contributed by atoms with E-state index < -0.39 is 18.8 Å². The van der Waals surface area contributed by atoms with Gasteiger partial charge in [0.1, 0.15) is 19.0 Å². The molecule has 6 aromatic rings. The molecular formula is C43H38NO6P. The van der Waals surface area contributed by atoms with Crippen LogP contribution in [0.2, 0.25) is 0 Å². The maximum atomic E-state index is 14.9. The second kappa shape index (κ2) is 16.2. The van der Waals surface area contributed by atoms with Crippen molar-refractivity contribution >= 4 is 29.4 Å². The minimum atomic E-state index is -3.32. The highest BCUT2D eigenvalue weighted by atomic mass is 31.2. The Hall–Kier alpha value is -5.91. The summed E-state index contributed by atoms with van der Waals surface area (Å²) in [5.74, 6) is 0.119. The van der Waals surface area contributed by atoms with Gasteiger partial charge in [-0.1, -0.05) is 121 Å². The van der Waals surface area contributed by atoms with Crippen LogP contribution in [0.3, 0.4) is 0 Å². The van der Waals surface area contributed by atoms with Crippen LogP contribution < -0.4 is 24.8 Å². The number of nitrogens with zero attached hydrogens (tertiary/aromatic N) is 1. The average molecular weight is 696 g/mol. The van der Waals surface area contributed by atoms with Gasteiger partial charge in [0.15, 0.2) is 24.4 Å². The quantitative estimate of drug-likeness (QED) is 0.0846. The SMILES string of the molecule is COc1ccc(C(=O)N(C)CP(=O)(c2ccccc2)c2ccccc2)c(C(=O)c2ccc(OCc3ccccc3)cc2)c1OCc1ccccc1. The molecule has 1 amide bonds. The molecule has 0 aliphatic carbocycles. The normalized spacial score (nSPS) is 11.0. The smallest absolute Gasteiger partial charge is 0.254 e. The van der Waals surface area contributed by atoms with Crippen molar-refractivity contribution in [3.8, 4) is 17.2 Å². The molecule has 6 rings (SSSR count). The molecule has 0 aliphatic heterocycles. The number of carbonyl (C=O) groups excluding carboxylic acids is 2. The summed E-state index contributed by atoms with van der Waals surface area (Å²) in [6, 6.07) is 47.6. The molecule has 256 valence electrons. The van der Waals surface area contributed by atoms with Gasteiger partial charge in [0.25, 0.3) is 5.91 Å². The minimum absolute atomic E-state index is 0.0503. The van der Waals surface area contributed by atoms with Gasteiger partial charge in [0.2, 0.25) is 0 Å². The number of benzene rings is 6. The molecule has 0 saturated heterocycles. The van der Waals surface area contributed by atoms with Crippen LogP contribution in [0.5, 0.6) is 17.2 Å². The van der Waals surface area contributed by atoms with Gasteiger partial charge in [0, 0.05) is 23.2 Å². The van der Waals surface area contributed by atoms with Gasteiger partial charge in [-0.15, -0.1) is 0 Å². The fourth-order valence-electron chi connectivity index (χ4n) is 5.81. The highest BCUT2D eigenvalue weighted by molar-refractivity contribution is 7.78. The van der Waals surface area contributed by atoms with E-state index in [4.69, 9.17) is 14.2 Å². The lowest BCUT2D eigenvalue weighted by atomic mass is 9.95. The fraction of sp³-hybridized carbons (Fsp3) is 0.116. The molecule has 0 spiro atoms. The summed E-state index contributed by atoms with van der Waals surface area (Å²) in [6.45, 7) is 0.511. The van der Waals surface area contributed by atoms with E-state index in [1.54, 1.807) is 43.4 Å². The van der Waals surface area contributed by atoms with Gasteiger partial charge in [-0.3, -0.25) is 9.59 Å². The molecule has 8 heteroatoms. The van der Waals surface area contributed by atoms with Crippen molar-refractivity contribution in [1.82, 2.24) is 4.90 Å². The Bertz CT molecular complexity index is 2080. The zero-order valence-corrected chi connectivity index (χ0v) is 29.4. The molecule has 0 saturated carbocycles. The Kier molecular flexibility index (Phi) is 11.1. The van der Waals surface area contributed by atoms with Crippen LogP contribution in [-0.2, 0) is 17.8 Å². The molecule has 6 aromatic carbocycles. The lowest BCUT2D eigenvalue weighted by Crippen LogP contribution is -2.33. The van der Waals surface area contributed by atoms with E-state index in [2.05, 4.69) is 0 Å². The maximum Gasteiger partial charge on any atom is 0.254 e. The number of carbonyl (C=O) groups is 2. The van der Waals surface area contributed by atoms with Crippen molar-refractivity contribution in [2.24, 2.45) is 0 Å². The van der Waals surface area contributed by atoms with Crippen LogP contribution in [0.15, 0.2) is 158 Å². The van der Waals surface area contributed by atoms with Crippen molar-refractivity contribution in [2.45, 2.75) is 13.2 Å². The molecule has 0 bridgehead atoms. The Balaban J connectivity index is 1.37. The molecule has 0 N–H and O–H groups in total. The zero-order valence-electron chi connectivity index (χ0n) is 28.5. The first-order valence-electron chi connectivity index (χ1n) is 16.5. The van der Waals surface area contributed by atoms with Crippen LogP contribution in [-0.4, -0.2) is 37.0 Å². The van der Waals surface area contributed by atoms with E-state index in [0.717, 1.165) is 11.1 Å². The average Bonchev–Trinajstić information content (AvgIpc) is 3.20. The van der Waals surface area contributed by atoms with Gasteiger partial charge in [0.05, 0.1) is 24.5 Å².